The molecule has 0 spiro atoms. The normalized spacial score (nSPS) is 12.5. The predicted molar refractivity (Wildman–Crippen MR) is 118 cm³/mol. The summed E-state index contributed by atoms with van der Waals surface area (Å²) in [7, 11) is 0. The monoisotopic (exact) mass is 439 g/mol. The van der Waals surface area contributed by atoms with Crippen LogP contribution < -0.4 is 10.6 Å². The first kappa shape index (κ1) is 22.1. The Bertz CT molecular complexity index is 1010. The third-order valence-corrected chi connectivity index (χ3v) is 4.62. The van der Waals surface area contributed by atoms with Gasteiger partial charge in [0.2, 0.25) is 5.91 Å². The lowest BCUT2D eigenvalue weighted by molar-refractivity contribution is -0.119. The molecule has 0 aromatic heterocycles. The number of ether oxygens (including phenoxy) is 1. The third kappa shape index (κ3) is 5.32. The van der Waals surface area contributed by atoms with E-state index in [-0.39, 0.29) is 24.2 Å². The molecule has 0 saturated carbocycles. The van der Waals surface area contributed by atoms with Crippen molar-refractivity contribution in [2.75, 3.05) is 11.9 Å². The van der Waals surface area contributed by atoms with Gasteiger partial charge in [-0.2, -0.15) is 0 Å². The highest BCUT2D eigenvalue weighted by Gasteiger charge is 2.34. The average Bonchev–Trinajstić information content (AvgIpc) is 2.96. The summed E-state index contributed by atoms with van der Waals surface area (Å²) >= 11 is 5.12. The Morgan fingerprint density at radius 1 is 1.00 bits per heavy atom. The number of hydrogen-bond donors (Lipinski definition) is 2. The summed E-state index contributed by atoms with van der Waals surface area (Å²) in [6.45, 7) is 3.49. The molecule has 0 aliphatic carbocycles. The Kier molecular flexibility index (Phi) is 6.76. The van der Waals surface area contributed by atoms with E-state index in [0.29, 0.717) is 22.4 Å². The first-order valence-electron chi connectivity index (χ1n) is 9.63. The quantitative estimate of drug-likeness (QED) is 0.405. The molecule has 1 aliphatic heterocycles. The molecule has 2 aromatic carbocycles. The highest BCUT2D eigenvalue weighted by molar-refractivity contribution is 7.80. The molecule has 0 saturated heterocycles. The van der Waals surface area contributed by atoms with Crippen LogP contribution >= 0.6 is 12.2 Å². The van der Waals surface area contributed by atoms with Crippen molar-refractivity contribution in [3.05, 3.63) is 65.2 Å². The van der Waals surface area contributed by atoms with Crippen molar-refractivity contribution in [3.8, 4) is 0 Å². The number of nitrogens with one attached hydrogen (secondary N) is 2. The van der Waals surface area contributed by atoms with Crippen LogP contribution in [0.5, 0.6) is 0 Å². The van der Waals surface area contributed by atoms with Gasteiger partial charge in [-0.1, -0.05) is 12.1 Å². The largest absolute Gasteiger partial charge is 0.459 e. The fourth-order valence-corrected chi connectivity index (χ4v) is 3.21. The van der Waals surface area contributed by atoms with Gasteiger partial charge in [-0.3, -0.25) is 19.3 Å². The first-order chi connectivity index (χ1) is 14.8. The number of thiocarbonyl (C=S) groups is 1. The fraction of sp³-hybridized carbons (Fsp3) is 0.227. The Hall–Kier alpha value is -3.59. The highest BCUT2D eigenvalue weighted by atomic mass is 32.1. The van der Waals surface area contributed by atoms with Crippen LogP contribution in [0.3, 0.4) is 0 Å². The van der Waals surface area contributed by atoms with E-state index in [1.165, 1.54) is 0 Å². The molecule has 0 fully saturated rings. The van der Waals surface area contributed by atoms with E-state index in [4.69, 9.17) is 17.0 Å². The van der Waals surface area contributed by atoms with Crippen molar-refractivity contribution >= 4 is 46.7 Å². The molecule has 3 amide bonds. The maximum atomic E-state index is 12.3. The summed E-state index contributed by atoms with van der Waals surface area (Å²) in [5.74, 6) is -1.69. The van der Waals surface area contributed by atoms with Gasteiger partial charge in [-0.05, 0) is 62.5 Å². The zero-order chi connectivity index (χ0) is 22.5. The van der Waals surface area contributed by atoms with Gasteiger partial charge in [0.15, 0.2) is 5.11 Å². The van der Waals surface area contributed by atoms with Crippen molar-refractivity contribution in [3.63, 3.8) is 0 Å². The average molecular weight is 439 g/mol. The van der Waals surface area contributed by atoms with Crippen LogP contribution in [0.15, 0.2) is 48.5 Å². The Balaban J connectivity index is 1.48. The molecule has 1 aliphatic rings. The predicted octanol–water partition coefficient (Wildman–Crippen LogP) is 2.75. The van der Waals surface area contributed by atoms with Gasteiger partial charge < -0.3 is 15.4 Å². The topological polar surface area (TPSA) is 105 Å². The number of amides is 3. The summed E-state index contributed by atoms with van der Waals surface area (Å²) in [5, 5.41) is 5.41. The maximum Gasteiger partial charge on any atom is 0.338 e. The minimum atomic E-state index is -0.439. The van der Waals surface area contributed by atoms with Gasteiger partial charge in [-0.15, -0.1) is 0 Å². The lowest BCUT2D eigenvalue weighted by atomic mass is 10.1. The molecular formula is C22H21N3O5S. The number of carbonyl (C=O) groups is 4. The van der Waals surface area contributed by atoms with E-state index < -0.39 is 23.7 Å². The molecule has 160 valence electrons. The van der Waals surface area contributed by atoms with Gasteiger partial charge >= 0.3 is 5.97 Å². The van der Waals surface area contributed by atoms with E-state index in [1.54, 1.807) is 62.4 Å². The molecule has 0 radical (unpaired) electrons. The van der Waals surface area contributed by atoms with Crippen LogP contribution in [0.2, 0.25) is 0 Å². The number of carbonyl (C=O) groups excluding carboxylic acids is 4. The number of esters is 1. The second kappa shape index (κ2) is 9.48. The van der Waals surface area contributed by atoms with E-state index in [9.17, 15) is 19.2 Å². The third-order valence-electron chi connectivity index (χ3n) is 4.41. The van der Waals surface area contributed by atoms with Crippen LogP contribution in [0.1, 0.15) is 51.3 Å². The number of fused-ring (bicyclic) bond motifs is 1. The summed E-state index contributed by atoms with van der Waals surface area (Å²) in [6.07, 6.45) is -0.304. The van der Waals surface area contributed by atoms with Crippen molar-refractivity contribution < 1.29 is 23.9 Å². The van der Waals surface area contributed by atoms with Crippen LogP contribution in [0.4, 0.5) is 5.69 Å². The summed E-state index contributed by atoms with van der Waals surface area (Å²) in [5.41, 5.74) is 1.65. The molecule has 9 heteroatoms. The van der Waals surface area contributed by atoms with Crippen molar-refractivity contribution in [2.24, 2.45) is 0 Å². The summed E-state index contributed by atoms with van der Waals surface area (Å²) < 4.78 is 5.12. The van der Waals surface area contributed by atoms with E-state index in [0.717, 1.165) is 4.90 Å². The van der Waals surface area contributed by atoms with Crippen molar-refractivity contribution in [2.45, 2.75) is 26.4 Å². The van der Waals surface area contributed by atoms with Crippen LogP contribution in [0.25, 0.3) is 0 Å². The van der Waals surface area contributed by atoms with Gasteiger partial charge in [0, 0.05) is 18.7 Å². The van der Waals surface area contributed by atoms with Crippen LogP contribution in [-0.2, 0) is 9.53 Å². The number of anilines is 1. The molecule has 2 N–H and O–H groups in total. The number of hydrogen-bond acceptors (Lipinski definition) is 6. The van der Waals surface area contributed by atoms with E-state index in [1.807, 2.05) is 0 Å². The zero-order valence-corrected chi connectivity index (χ0v) is 17.8. The second-order valence-corrected chi connectivity index (χ2v) is 7.50. The van der Waals surface area contributed by atoms with Crippen LogP contribution in [0, 0.1) is 0 Å². The minimum absolute atomic E-state index is 0.0482. The molecule has 31 heavy (non-hydrogen) atoms. The van der Waals surface area contributed by atoms with Gasteiger partial charge in [-0.25, -0.2) is 4.79 Å². The van der Waals surface area contributed by atoms with Crippen molar-refractivity contribution in [1.82, 2.24) is 10.2 Å². The smallest absolute Gasteiger partial charge is 0.338 e. The van der Waals surface area contributed by atoms with E-state index >= 15 is 0 Å². The van der Waals surface area contributed by atoms with Crippen molar-refractivity contribution in [1.29, 1.82) is 0 Å². The first-order valence-corrected chi connectivity index (χ1v) is 10.0. The zero-order valence-electron chi connectivity index (χ0n) is 17.0. The Morgan fingerprint density at radius 2 is 1.58 bits per heavy atom. The SMILES string of the molecule is CC(C)OC(=O)c1ccc(NC(=S)NC(=O)CCN2C(=O)c3ccccc3C2=O)cc1. The fourth-order valence-electron chi connectivity index (χ4n) is 2.98. The number of benzene rings is 2. The second-order valence-electron chi connectivity index (χ2n) is 7.09. The van der Waals surface area contributed by atoms with Gasteiger partial charge in [0.05, 0.1) is 22.8 Å². The molecule has 8 nitrogen and oxygen atoms in total. The Labute approximate surface area is 184 Å². The highest BCUT2D eigenvalue weighted by Crippen LogP contribution is 2.22. The minimum Gasteiger partial charge on any atom is -0.459 e. The molecule has 2 aromatic rings. The summed E-state index contributed by atoms with van der Waals surface area (Å²) in [6, 6.07) is 13.0. The maximum absolute atomic E-state index is 12.3. The molecule has 0 atom stereocenters. The lowest BCUT2D eigenvalue weighted by Gasteiger charge is -2.14. The Morgan fingerprint density at radius 3 is 2.13 bits per heavy atom. The standard InChI is InChI=1S/C22H21N3O5S/c1-13(2)30-21(29)14-7-9-15(10-8-14)23-22(31)24-18(26)11-12-25-19(27)16-5-3-4-6-17(16)20(25)28/h3-10,13H,11-12H2,1-2H3,(H2,23,24,26,31). The molecule has 3 rings (SSSR count). The van der Waals surface area contributed by atoms with Crippen LogP contribution in [-0.4, -0.2) is 46.4 Å². The van der Waals surface area contributed by atoms with Gasteiger partial charge in [0.1, 0.15) is 0 Å². The number of imide groups is 1. The number of rotatable bonds is 6. The molecular weight excluding hydrogens is 418 g/mol. The van der Waals surface area contributed by atoms with Gasteiger partial charge in [0.25, 0.3) is 11.8 Å². The molecule has 0 bridgehead atoms. The number of nitrogens with zero attached hydrogens (tertiary/aromatic N) is 1. The molecule has 0 unspecified atom stereocenters. The summed E-state index contributed by atoms with van der Waals surface area (Å²) in [4.78, 5) is 49.7. The molecule has 1 heterocycles. The van der Waals surface area contributed by atoms with E-state index in [2.05, 4.69) is 10.6 Å². The lowest BCUT2D eigenvalue weighted by Crippen LogP contribution is -2.38.